The number of hydrogen-bond donors (Lipinski definition) is 1. The Balaban J connectivity index is 2.05. The van der Waals surface area contributed by atoms with Crippen LogP contribution >= 0.6 is 0 Å². The normalized spacial score (nSPS) is 20.0. The summed E-state index contributed by atoms with van der Waals surface area (Å²) in [5.41, 5.74) is 2.10. The largest absolute Gasteiger partial charge is 0.485 e. The zero-order chi connectivity index (χ0) is 23.0. The summed E-state index contributed by atoms with van der Waals surface area (Å²) in [4.78, 5) is 4.61. The van der Waals surface area contributed by atoms with Crippen LogP contribution < -0.4 is 9.47 Å². The van der Waals surface area contributed by atoms with E-state index in [0.717, 1.165) is 11.1 Å². The van der Waals surface area contributed by atoms with Gasteiger partial charge in [0.25, 0.3) is 0 Å². The number of aromatic nitrogens is 1. The van der Waals surface area contributed by atoms with Crippen LogP contribution in [-0.2, 0) is 16.4 Å². The van der Waals surface area contributed by atoms with Gasteiger partial charge in [0.2, 0.25) is 14.9 Å². The second-order valence-corrected chi connectivity index (χ2v) is 11.8. The van der Waals surface area contributed by atoms with Crippen LogP contribution in [0, 0.1) is 11.3 Å². The number of ether oxygens (including phenoxy) is 2. The summed E-state index contributed by atoms with van der Waals surface area (Å²) < 4.78 is 18.3. The highest BCUT2D eigenvalue weighted by atomic mass is 28.3. The van der Waals surface area contributed by atoms with Crippen molar-refractivity contribution >= 4 is 9.04 Å². The third-order valence-electron chi connectivity index (χ3n) is 5.36. The molecule has 0 spiro atoms. The Morgan fingerprint density at radius 2 is 1.97 bits per heavy atom. The number of nitriles is 1. The van der Waals surface area contributed by atoms with Gasteiger partial charge in [-0.25, -0.2) is 4.98 Å². The Hall–Kier alpha value is -2.40. The summed E-state index contributed by atoms with van der Waals surface area (Å²) in [5.74, 6) is 1.02. The number of aliphatic hydroxyl groups excluding tert-OH is 1. The SMILES string of the molecule is C[Si](C)OCc1cc(C(C)(C)C)cnc1O[C@@H]1c2cc(C#N)ccc2OC(C)(C)[C@H]1O. The number of hydrogen-bond acceptors (Lipinski definition) is 6. The molecule has 1 aliphatic rings. The summed E-state index contributed by atoms with van der Waals surface area (Å²) in [7, 11) is -0.904. The molecule has 0 fully saturated rings. The van der Waals surface area contributed by atoms with Gasteiger partial charge in [0.05, 0.1) is 18.2 Å². The van der Waals surface area contributed by atoms with E-state index in [-0.39, 0.29) is 5.41 Å². The van der Waals surface area contributed by atoms with E-state index >= 15 is 0 Å². The maximum atomic E-state index is 11.1. The van der Waals surface area contributed by atoms with Crippen molar-refractivity contribution in [3.63, 3.8) is 0 Å². The summed E-state index contributed by atoms with van der Waals surface area (Å²) in [5, 5.41) is 20.4. The van der Waals surface area contributed by atoms with Crippen molar-refractivity contribution in [3.05, 3.63) is 52.7 Å². The molecule has 1 aromatic carbocycles. The second kappa shape index (κ2) is 8.62. The molecule has 0 bridgehead atoms. The number of fused-ring (bicyclic) bond motifs is 1. The lowest BCUT2D eigenvalue weighted by atomic mass is 9.87. The van der Waals surface area contributed by atoms with E-state index in [1.807, 2.05) is 20.0 Å². The van der Waals surface area contributed by atoms with Gasteiger partial charge in [0.15, 0.2) is 6.10 Å². The molecular formula is C24H31N2O4Si. The van der Waals surface area contributed by atoms with Crippen LogP contribution in [0.5, 0.6) is 11.6 Å². The van der Waals surface area contributed by atoms with Crippen LogP contribution in [-0.4, -0.2) is 30.8 Å². The van der Waals surface area contributed by atoms with Gasteiger partial charge in [-0.2, -0.15) is 5.26 Å². The van der Waals surface area contributed by atoms with Gasteiger partial charge in [-0.3, -0.25) is 0 Å². The molecule has 165 valence electrons. The van der Waals surface area contributed by atoms with E-state index in [4.69, 9.17) is 13.9 Å². The van der Waals surface area contributed by atoms with Crippen LogP contribution in [0.4, 0.5) is 0 Å². The maximum absolute atomic E-state index is 11.1. The van der Waals surface area contributed by atoms with E-state index in [2.05, 4.69) is 51.0 Å². The standard InChI is InChI=1S/C24H31N2O4Si/c1-23(2,3)17-11-16(14-28-31(6)7)22(26-13-17)29-20-18-10-15(12-25)8-9-19(18)30-24(4,5)21(20)27/h8-11,13,20-21,27H,14H2,1-7H3/t20-,21+/m1/s1. The Bertz CT molecular complexity index is 992. The fourth-order valence-corrected chi connectivity index (χ4v) is 3.84. The van der Waals surface area contributed by atoms with Crippen molar-refractivity contribution < 1.29 is 19.0 Å². The molecule has 6 nitrogen and oxygen atoms in total. The van der Waals surface area contributed by atoms with E-state index in [1.165, 1.54) is 0 Å². The number of rotatable bonds is 5. The van der Waals surface area contributed by atoms with E-state index in [9.17, 15) is 10.4 Å². The molecule has 7 heteroatoms. The fourth-order valence-electron chi connectivity index (χ4n) is 3.40. The van der Waals surface area contributed by atoms with Crippen molar-refractivity contribution in [1.29, 1.82) is 5.26 Å². The first-order valence-electron chi connectivity index (χ1n) is 10.4. The fraction of sp³-hybridized carbons (Fsp3) is 0.500. The van der Waals surface area contributed by atoms with Crippen LogP contribution in [0.2, 0.25) is 13.1 Å². The van der Waals surface area contributed by atoms with Crippen LogP contribution in [0.1, 0.15) is 63.0 Å². The average molecular weight is 440 g/mol. The molecule has 2 atom stereocenters. The summed E-state index contributed by atoms with van der Waals surface area (Å²) in [6.07, 6.45) is 0.127. The Morgan fingerprint density at radius 1 is 1.26 bits per heavy atom. The van der Waals surface area contributed by atoms with Crippen molar-refractivity contribution in [2.45, 2.75) is 77.5 Å². The van der Waals surface area contributed by atoms with Crippen molar-refractivity contribution in [3.8, 4) is 17.7 Å². The Morgan fingerprint density at radius 3 is 2.58 bits per heavy atom. The van der Waals surface area contributed by atoms with Crippen molar-refractivity contribution in [1.82, 2.24) is 4.98 Å². The van der Waals surface area contributed by atoms with Gasteiger partial charge in [-0.15, -0.1) is 0 Å². The van der Waals surface area contributed by atoms with Gasteiger partial charge >= 0.3 is 0 Å². The first-order valence-corrected chi connectivity index (χ1v) is 12.8. The zero-order valence-electron chi connectivity index (χ0n) is 19.3. The minimum atomic E-state index is -0.955. The molecule has 3 rings (SSSR count). The Kier molecular flexibility index (Phi) is 6.47. The Labute approximate surface area is 186 Å². The lowest BCUT2D eigenvalue weighted by molar-refractivity contribution is -0.104. The zero-order valence-corrected chi connectivity index (χ0v) is 20.3. The molecule has 0 saturated carbocycles. The van der Waals surface area contributed by atoms with Gasteiger partial charge < -0.3 is 19.0 Å². The van der Waals surface area contributed by atoms with Crippen LogP contribution in [0.3, 0.4) is 0 Å². The summed E-state index contributed by atoms with van der Waals surface area (Å²) >= 11 is 0. The predicted octanol–water partition coefficient (Wildman–Crippen LogP) is 4.67. The van der Waals surface area contributed by atoms with Crippen molar-refractivity contribution in [2.75, 3.05) is 0 Å². The topological polar surface area (TPSA) is 84.6 Å². The first kappa shape index (κ1) is 23.3. The van der Waals surface area contributed by atoms with Gasteiger partial charge in [-0.1, -0.05) is 20.8 Å². The molecule has 1 aromatic heterocycles. The minimum Gasteiger partial charge on any atom is -0.485 e. The lowest BCUT2D eigenvalue weighted by Crippen LogP contribution is -2.50. The molecule has 0 amide bonds. The third kappa shape index (κ3) is 5.09. The predicted molar refractivity (Wildman–Crippen MR) is 120 cm³/mol. The smallest absolute Gasteiger partial charge is 0.219 e. The molecule has 0 unspecified atom stereocenters. The van der Waals surface area contributed by atoms with Gasteiger partial charge in [0.1, 0.15) is 17.5 Å². The quantitative estimate of drug-likeness (QED) is 0.682. The third-order valence-corrected chi connectivity index (χ3v) is 6.09. The summed E-state index contributed by atoms with van der Waals surface area (Å²) in [6.45, 7) is 14.6. The highest BCUT2D eigenvalue weighted by Crippen LogP contribution is 2.43. The van der Waals surface area contributed by atoms with Gasteiger partial charge in [0, 0.05) is 17.3 Å². The number of aliphatic hydroxyl groups is 1. The molecule has 1 aliphatic heterocycles. The number of nitrogens with zero attached hydrogens (tertiary/aromatic N) is 2. The average Bonchev–Trinajstić information content (AvgIpc) is 2.69. The molecule has 1 radical (unpaired) electrons. The monoisotopic (exact) mass is 439 g/mol. The van der Waals surface area contributed by atoms with Crippen LogP contribution in [0.15, 0.2) is 30.5 Å². The van der Waals surface area contributed by atoms with E-state index in [0.29, 0.717) is 29.4 Å². The molecule has 2 aromatic rings. The van der Waals surface area contributed by atoms with Gasteiger partial charge in [-0.05, 0) is 62.2 Å². The van der Waals surface area contributed by atoms with Crippen LogP contribution in [0.25, 0.3) is 0 Å². The second-order valence-electron chi connectivity index (χ2n) is 9.69. The molecule has 2 heterocycles. The molecule has 1 N–H and O–H groups in total. The number of pyridine rings is 1. The van der Waals surface area contributed by atoms with Crippen molar-refractivity contribution in [2.24, 2.45) is 0 Å². The number of benzene rings is 1. The van der Waals surface area contributed by atoms with E-state index in [1.54, 1.807) is 18.2 Å². The maximum Gasteiger partial charge on any atom is 0.219 e. The van der Waals surface area contributed by atoms with E-state index < -0.39 is 26.8 Å². The minimum absolute atomic E-state index is 0.0685. The highest BCUT2D eigenvalue weighted by Gasteiger charge is 2.45. The lowest BCUT2D eigenvalue weighted by Gasteiger charge is -2.41. The first-order chi connectivity index (χ1) is 14.4. The summed E-state index contributed by atoms with van der Waals surface area (Å²) in [6, 6.07) is 9.36. The molecular weight excluding hydrogens is 408 g/mol. The molecule has 0 saturated heterocycles. The highest BCUT2D eigenvalue weighted by molar-refractivity contribution is 6.48. The molecule has 31 heavy (non-hydrogen) atoms. The molecule has 0 aliphatic carbocycles.